The van der Waals surface area contributed by atoms with Gasteiger partial charge in [0.1, 0.15) is 0 Å². The lowest BCUT2D eigenvalue weighted by Gasteiger charge is -2.25. The lowest BCUT2D eigenvalue weighted by molar-refractivity contribution is 0.325. The monoisotopic (exact) mass is 279 g/mol. The van der Waals surface area contributed by atoms with Gasteiger partial charge in [0.2, 0.25) is 0 Å². The lowest BCUT2D eigenvalue weighted by Crippen LogP contribution is -2.40. The van der Waals surface area contributed by atoms with Gasteiger partial charge in [-0.05, 0) is 55.7 Å². The molecule has 0 heterocycles. The second-order valence-electron chi connectivity index (χ2n) is 6.11. The summed E-state index contributed by atoms with van der Waals surface area (Å²) in [7, 11) is 0. The fraction of sp³-hybridized carbons (Fsp3) is 0.647. The molecule has 0 aliphatic heterocycles. The van der Waals surface area contributed by atoms with Crippen LogP contribution in [0.4, 0.5) is 0 Å². The molecule has 0 aromatic heterocycles. The van der Waals surface area contributed by atoms with Crippen molar-refractivity contribution in [1.82, 2.24) is 5.32 Å². The van der Waals surface area contributed by atoms with Gasteiger partial charge in [0.15, 0.2) is 0 Å². The van der Waals surface area contributed by atoms with Crippen LogP contribution in [0.3, 0.4) is 0 Å². The van der Waals surface area contributed by atoms with Crippen LogP contribution in [0.2, 0.25) is 5.02 Å². The van der Waals surface area contributed by atoms with Gasteiger partial charge in [0.05, 0.1) is 0 Å². The molecule has 2 heteroatoms. The molecule has 1 aromatic carbocycles. The number of halogens is 1. The molecule has 0 radical (unpaired) electrons. The van der Waals surface area contributed by atoms with Crippen molar-refractivity contribution in [2.45, 2.75) is 58.5 Å². The zero-order valence-corrected chi connectivity index (χ0v) is 13.1. The van der Waals surface area contributed by atoms with Gasteiger partial charge in [-0.3, -0.25) is 0 Å². The number of hydrogen-bond acceptors (Lipinski definition) is 1. The van der Waals surface area contributed by atoms with E-state index in [1.165, 1.54) is 24.8 Å². The maximum atomic E-state index is 5.92. The molecule has 2 rings (SSSR count). The van der Waals surface area contributed by atoms with Gasteiger partial charge in [-0.1, -0.05) is 44.0 Å². The summed E-state index contributed by atoms with van der Waals surface area (Å²) in [5.41, 5.74) is 1.36. The molecule has 19 heavy (non-hydrogen) atoms. The first kappa shape index (κ1) is 14.9. The molecule has 0 amide bonds. The Morgan fingerprint density at radius 2 is 1.95 bits per heavy atom. The Hall–Kier alpha value is -0.530. The van der Waals surface area contributed by atoms with Crippen LogP contribution in [0, 0.1) is 11.8 Å². The third-order valence-corrected chi connectivity index (χ3v) is 4.96. The third-order valence-electron chi connectivity index (χ3n) is 4.70. The summed E-state index contributed by atoms with van der Waals surface area (Å²) in [6.07, 6.45) is 5.13. The van der Waals surface area contributed by atoms with Crippen molar-refractivity contribution >= 4 is 11.6 Å². The topological polar surface area (TPSA) is 12.0 Å². The van der Waals surface area contributed by atoms with Crippen LogP contribution in [0.25, 0.3) is 0 Å². The van der Waals surface area contributed by atoms with Crippen molar-refractivity contribution in [3.63, 3.8) is 0 Å². The fourth-order valence-corrected chi connectivity index (χ4v) is 3.58. The van der Waals surface area contributed by atoms with E-state index in [1.807, 2.05) is 12.1 Å². The molecule has 0 saturated heterocycles. The van der Waals surface area contributed by atoms with E-state index >= 15 is 0 Å². The average Bonchev–Trinajstić information content (AvgIpc) is 2.73. The Labute approximate surface area is 122 Å². The number of rotatable bonds is 5. The van der Waals surface area contributed by atoms with Crippen LogP contribution >= 0.6 is 11.6 Å². The maximum absolute atomic E-state index is 5.92. The number of hydrogen-bond donors (Lipinski definition) is 1. The zero-order valence-electron chi connectivity index (χ0n) is 12.3. The molecule has 4 atom stereocenters. The van der Waals surface area contributed by atoms with Gasteiger partial charge < -0.3 is 5.32 Å². The highest BCUT2D eigenvalue weighted by molar-refractivity contribution is 6.30. The van der Waals surface area contributed by atoms with Gasteiger partial charge in [-0.2, -0.15) is 0 Å². The van der Waals surface area contributed by atoms with E-state index in [0.29, 0.717) is 12.1 Å². The molecule has 0 bridgehead atoms. The first-order valence-corrected chi connectivity index (χ1v) is 7.98. The Kier molecular flexibility index (Phi) is 5.29. The van der Waals surface area contributed by atoms with Gasteiger partial charge in [-0.15, -0.1) is 0 Å². The Bertz CT molecular complexity index is 387. The second-order valence-corrected chi connectivity index (χ2v) is 6.55. The normalized spacial score (nSPS) is 28.5. The van der Waals surface area contributed by atoms with Crippen LogP contribution in [-0.4, -0.2) is 12.1 Å². The molecular formula is C17H26ClN. The van der Waals surface area contributed by atoms with E-state index in [0.717, 1.165) is 23.3 Å². The van der Waals surface area contributed by atoms with E-state index in [-0.39, 0.29) is 0 Å². The summed E-state index contributed by atoms with van der Waals surface area (Å²) in [6, 6.07) is 9.46. The quantitative estimate of drug-likeness (QED) is 0.825. The summed E-state index contributed by atoms with van der Waals surface area (Å²) in [5.74, 6) is 1.73. The van der Waals surface area contributed by atoms with Gasteiger partial charge in [-0.25, -0.2) is 0 Å². The van der Waals surface area contributed by atoms with Crippen molar-refractivity contribution in [2.24, 2.45) is 11.8 Å². The summed E-state index contributed by atoms with van der Waals surface area (Å²) >= 11 is 5.92. The van der Waals surface area contributed by atoms with E-state index in [4.69, 9.17) is 11.6 Å². The molecule has 1 aromatic rings. The van der Waals surface area contributed by atoms with Crippen LogP contribution in [-0.2, 0) is 6.42 Å². The Balaban J connectivity index is 1.84. The highest BCUT2D eigenvalue weighted by Crippen LogP contribution is 2.34. The highest BCUT2D eigenvalue weighted by atomic mass is 35.5. The summed E-state index contributed by atoms with van der Waals surface area (Å²) in [6.45, 7) is 7.02. The fourth-order valence-electron chi connectivity index (χ4n) is 3.46. The van der Waals surface area contributed by atoms with E-state index < -0.39 is 0 Å². The Morgan fingerprint density at radius 1 is 1.26 bits per heavy atom. The van der Waals surface area contributed by atoms with E-state index in [2.05, 4.69) is 38.2 Å². The first-order chi connectivity index (χ1) is 9.10. The van der Waals surface area contributed by atoms with Gasteiger partial charge >= 0.3 is 0 Å². The average molecular weight is 280 g/mol. The minimum absolute atomic E-state index is 0.532. The van der Waals surface area contributed by atoms with Crippen LogP contribution in [0.15, 0.2) is 24.3 Å². The van der Waals surface area contributed by atoms with E-state index in [9.17, 15) is 0 Å². The smallest absolute Gasteiger partial charge is 0.0406 e. The van der Waals surface area contributed by atoms with E-state index in [1.54, 1.807) is 0 Å². The molecule has 1 N–H and O–H groups in total. The van der Waals surface area contributed by atoms with Crippen LogP contribution < -0.4 is 5.32 Å². The second kappa shape index (κ2) is 6.76. The maximum Gasteiger partial charge on any atom is 0.0406 e. The summed E-state index contributed by atoms with van der Waals surface area (Å²) in [4.78, 5) is 0. The zero-order chi connectivity index (χ0) is 13.8. The summed E-state index contributed by atoms with van der Waals surface area (Å²) in [5, 5.41) is 4.64. The minimum atomic E-state index is 0.532. The molecule has 1 nitrogen and oxygen atoms in total. The van der Waals surface area contributed by atoms with Crippen molar-refractivity contribution in [3.05, 3.63) is 34.9 Å². The van der Waals surface area contributed by atoms with Crippen LogP contribution in [0.5, 0.6) is 0 Å². The highest BCUT2D eigenvalue weighted by Gasteiger charge is 2.31. The van der Waals surface area contributed by atoms with Crippen molar-refractivity contribution < 1.29 is 0 Å². The molecule has 4 unspecified atom stereocenters. The Morgan fingerprint density at radius 3 is 2.53 bits per heavy atom. The first-order valence-electron chi connectivity index (χ1n) is 7.60. The standard InChI is InChI=1S/C17H26ClN/c1-4-15-7-10-17(13(15)3)19-12(2)11-14-5-8-16(18)9-6-14/h5-6,8-9,12-13,15,17,19H,4,7,10-11H2,1-3H3. The summed E-state index contributed by atoms with van der Waals surface area (Å²) < 4.78 is 0. The lowest BCUT2D eigenvalue weighted by atomic mass is 9.93. The predicted molar refractivity (Wildman–Crippen MR) is 83.7 cm³/mol. The van der Waals surface area contributed by atoms with Crippen molar-refractivity contribution in [3.8, 4) is 0 Å². The van der Waals surface area contributed by atoms with Crippen LogP contribution in [0.1, 0.15) is 45.6 Å². The largest absolute Gasteiger partial charge is 0.311 e. The number of nitrogens with one attached hydrogen (secondary N) is 1. The SMILES string of the molecule is CCC1CCC(NC(C)Cc2ccc(Cl)cc2)C1C. The molecule has 106 valence electrons. The molecule has 1 fully saturated rings. The predicted octanol–water partition coefficient (Wildman–Crippen LogP) is 4.69. The molecule has 0 spiro atoms. The van der Waals surface area contributed by atoms with Gasteiger partial charge in [0, 0.05) is 17.1 Å². The minimum Gasteiger partial charge on any atom is -0.311 e. The van der Waals surface area contributed by atoms with Gasteiger partial charge in [0.25, 0.3) is 0 Å². The van der Waals surface area contributed by atoms with Crippen molar-refractivity contribution in [1.29, 1.82) is 0 Å². The molecule has 1 aliphatic carbocycles. The molecule has 1 saturated carbocycles. The molecular weight excluding hydrogens is 254 g/mol. The molecule has 1 aliphatic rings. The number of benzene rings is 1. The van der Waals surface area contributed by atoms with Crippen molar-refractivity contribution in [2.75, 3.05) is 0 Å². The third kappa shape index (κ3) is 3.97.